The Morgan fingerprint density at radius 2 is 2.11 bits per heavy atom. The molecule has 0 aromatic rings. The largest absolute Gasteiger partial charge is 0.321 e. The summed E-state index contributed by atoms with van der Waals surface area (Å²) in [6, 6.07) is 0. The first-order chi connectivity index (χ1) is 3.95. The standard InChI is InChI=1S/C3H6ClNO3S/c1-2-3(6)5-9(4,7)8/h2H2,1H3,(H,5,6). The van der Waals surface area contributed by atoms with E-state index in [4.69, 9.17) is 0 Å². The Morgan fingerprint density at radius 3 is 2.22 bits per heavy atom. The van der Waals surface area contributed by atoms with E-state index in [-0.39, 0.29) is 6.42 Å². The van der Waals surface area contributed by atoms with E-state index in [0.717, 1.165) is 0 Å². The second kappa shape index (κ2) is 3.03. The van der Waals surface area contributed by atoms with Crippen LogP contribution in [0.5, 0.6) is 0 Å². The van der Waals surface area contributed by atoms with Crippen LogP contribution < -0.4 is 4.72 Å². The van der Waals surface area contributed by atoms with Gasteiger partial charge in [-0.1, -0.05) is 6.92 Å². The molecule has 0 unspecified atom stereocenters. The van der Waals surface area contributed by atoms with Crippen LogP contribution in [0, 0.1) is 0 Å². The maximum absolute atomic E-state index is 10.3. The Balaban J connectivity index is 3.91. The molecule has 0 bridgehead atoms. The minimum absolute atomic E-state index is 0.103. The molecule has 0 saturated heterocycles. The average molecular weight is 172 g/mol. The fraction of sp³-hybridized carbons (Fsp3) is 0.667. The third-order valence-electron chi connectivity index (χ3n) is 0.557. The van der Waals surface area contributed by atoms with Crippen LogP contribution in [0.15, 0.2) is 0 Å². The van der Waals surface area contributed by atoms with Gasteiger partial charge in [0.25, 0.3) is 0 Å². The van der Waals surface area contributed by atoms with Crippen molar-refractivity contribution < 1.29 is 13.2 Å². The highest BCUT2D eigenvalue weighted by Gasteiger charge is 2.06. The fourth-order valence-corrected chi connectivity index (χ4v) is 0.883. The van der Waals surface area contributed by atoms with Crippen LogP contribution in [0.2, 0.25) is 0 Å². The Kier molecular flexibility index (Phi) is 2.93. The quantitative estimate of drug-likeness (QED) is 0.595. The molecule has 1 amide bonds. The highest BCUT2D eigenvalue weighted by atomic mass is 35.7. The summed E-state index contributed by atoms with van der Waals surface area (Å²) in [4.78, 5) is 10.3. The minimum atomic E-state index is -3.86. The summed E-state index contributed by atoms with van der Waals surface area (Å²) < 4.78 is 21.6. The number of carbonyl (C=O) groups is 1. The van der Waals surface area contributed by atoms with E-state index in [2.05, 4.69) is 10.7 Å². The summed E-state index contributed by atoms with van der Waals surface area (Å²) in [5, 5.41) is 0. The van der Waals surface area contributed by atoms with E-state index in [0.29, 0.717) is 0 Å². The monoisotopic (exact) mass is 171 g/mol. The Labute approximate surface area is 57.7 Å². The summed E-state index contributed by atoms with van der Waals surface area (Å²) in [6.07, 6.45) is 0.103. The van der Waals surface area contributed by atoms with Gasteiger partial charge in [-0.05, 0) is 0 Å². The van der Waals surface area contributed by atoms with Crippen LogP contribution in [-0.2, 0) is 14.0 Å². The molecular weight excluding hydrogens is 166 g/mol. The molecule has 0 aliphatic rings. The van der Waals surface area contributed by atoms with Crippen LogP contribution in [0.3, 0.4) is 0 Å². The van der Waals surface area contributed by atoms with Crippen molar-refractivity contribution >= 4 is 25.8 Å². The van der Waals surface area contributed by atoms with Gasteiger partial charge in [-0.2, -0.15) is 8.42 Å². The summed E-state index contributed by atoms with van der Waals surface area (Å²) in [7, 11) is 0.784. The molecule has 0 rings (SSSR count). The summed E-state index contributed by atoms with van der Waals surface area (Å²) in [6.45, 7) is 1.53. The van der Waals surface area contributed by atoms with Crippen LogP contribution in [0.25, 0.3) is 0 Å². The minimum Gasteiger partial charge on any atom is -0.274 e. The first-order valence-electron chi connectivity index (χ1n) is 2.21. The maximum Gasteiger partial charge on any atom is 0.321 e. The topological polar surface area (TPSA) is 63.2 Å². The molecule has 9 heavy (non-hydrogen) atoms. The van der Waals surface area contributed by atoms with E-state index in [1.807, 2.05) is 0 Å². The van der Waals surface area contributed by atoms with Crippen LogP contribution in [-0.4, -0.2) is 14.3 Å². The van der Waals surface area contributed by atoms with Gasteiger partial charge in [0.2, 0.25) is 5.91 Å². The summed E-state index contributed by atoms with van der Waals surface area (Å²) >= 11 is 0. The molecule has 6 heteroatoms. The van der Waals surface area contributed by atoms with Gasteiger partial charge in [-0.15, -0.1) is 0 Å². The zero-order chi connectivity index (χ0) is 7.49. The van der Waals surface area contributed by atoms with Gasteiger partial charge >= 0.3 is 9.24 Å². The van der Waals surface area contributed by atoms with Crippen molar-refractivity contribution in [1.82, 2.24) is 4.72 Å². The SMILES string of the molecule is CCC(=O)NS(=O)(=O)Cl. The van der Waals surface area contributed by atoms with Gasteiger partial charge in [0.15, 0.2) is 0 Å². The highest BCUT2D eigenvalue weighted by Crippen LogP contribution is 1.89. The average Bonchev–Trinajstić information content (AvgIpc) is 1.62. The molecule has 0 aromatic carbocycles. The Bertz CT molecular complexity index is 197. The number of halogens is 1. The molecular formula is C3H6ClNO3S. The molecule has 0 atom stereocenters. The zero-order valence-corrected chi connectivity index (χ0v) is 6.29. The van der Waals surface area contributed by atoms with E-state index in [9.17, 15) is 13.2 Å². The van der Waals surface area contributed by atoms with Crippen molar-refractivity contribution in [1.29, 1.82) is 0 Å². The van der Waals surface area contributed by atoms with E-state index in [1.165, 1.54) is 6.92 Å². The smallest absolute Gasteiger partial charge is 0.274 e. The molecule has 0 aliphatic heterocycles. The molecule has 1 N–H and O–H groups in total. The van der Waals surface area contributed by atoms with Gasteiger partial charge in [-0.3, -0.25) is 4.79 Å². The summed E-state index contributed by atoms with van der Waals surface area (Å²) in [5.41, 5.74) is 0. The molecule has 0 heterocycles. The predicted octanol–water partition coefficient (Wildman–Crippen LogP) is -0.00380. The number of hydrogen-bond acceptors (Lipinski definition) is 3. The molecule has 0 aliphatic carbocycles. The van der Waals surface area contributed by atoms with Gasteiger partial charge in [0, 0.05) is 17.1 Å². The molecule has 0 saturated carbocycles. The molecule has 0 fully saturated rings. The van der Waals surface area contributed by atoms with Gasteiger partial charge in [0.05, 0.1) is 0 Å². The molecule has 0 spiro atoms. The Hall–Kier alpha value is -0.290. The molecule has 0 radical (unpaired) electrons. The molecule has 4 nitrogen and oxygen atoms in total. The van der Waals surface area contributed by atoms with Crippen molar-refractivity contribution in [3.8, 4) is 0 Å². The van der Waals surface area contributed by atoms with Crippen molar-refractivity contribution in [2.45, 2.75) is 13.3 Å². The van der Waals surface area contributed by atoms with E-state index in [1.54, 1.807) is 4.72 Å². The van der Waals surface area contributed by atoms with Crippen molar-refractivity contribution in [2.75, 3.05) is 0 Å². The van der Waals surface area contributed by atoms with Crippen molar-refractivity contribution in [2.24, 2.45) is 0 Å². The lowest BCUT2D eigenvalue weighted by molar-refractivity contribution is -0.118. The van der Waals surface area contributed by atoms with Crippen LogP contribution in [0.4, 0.5) is 0 Å². The second-order valence-electron chi connectivity index (χ2n) is 1.32. The fourth-order valence-electron chi connectivity index (χ4n) is 0.208. The first kappa shape index (κ1) is 8.71. The molecule has 54 valence electrons. The third-order valence-corrected chi connectivity index (χ3v) is 1.26. The van der Waals surface area contributed by atoms with Crippen LogP contribution >= 0.6 is 10.7 Å². The van der Waals surface area contributed by atoms with E-state index >= 15 is 0 Å². The number of hydrogen-bond donors (Lipinski definition) is 1. The van der Waals surface area contributed by atoms with Gasteiger partial charge in [-0.25, -0.2) is 4.72 Å². The predicted molar refractivity (Wildman–Crippen MR) is 33.2 cm³/mol. The number of amides is 1. The van der Waals surface area contributed by atoms with Gasteiger partial charge in [0.1, 0.15) is 0 Å². The third kappa shape index (κ3) is 5.58. The highest BCUT2D eigenvalue weighted by molar-refractivity contribution is 8.12. The maximum atomic E-state index is 10.3. The molecule has 0 aromatic heterocycles. The lowest BCUT2D eigenvalue weighted by Crippen LogP contribution is -2.25. The zero-order valence-electron chi connectivity index (χ0n) is 4.72. The second-order valence-corrected chi connectivity index (χ2v) is 3.62. The number of rotatable bonds is 2. The Morgan fingerprint density at radius 1 is 1.67 bits per heavy atom. The lowest BCUT2D eigenvalue weighted by atomic mass is 10.5. The van der Waals surface area contributed by atoms with Crippen LogP contribution in [0.1, 0.15) is 13.3 Å². The number of nitrogens with one attached hydrogen (secondary N) is 1. The van der Waals surface area contributed by atoms with Crippen molar-refractivity contribution in [3.63, 3.8) is 0 Å². The number of carbonyl (C=O) groups excluding carboxylic acids is 1. The van der Waals surface area contributed by atoms with E-state index < -0.39 is 15.1 Å². The normalized spacial score (nSPS) is 10.9. The first-order valence-corrected chi connectivity index (χ1v) is 4.52. The lowest BCUT2D eigenvalue weighted by Gasteiger charge is -1.94. The summed E-state index contributed by atoms with van der Waals surface area (Å²) in [5.74, 6) is -0.606. The van der Waals surface area contributed by atoms with Crippen molar-refractivity contribution in [3.05, 3.63) is 0 Å². The van der Waals surface area contributed by atoms with Gasteiger partial charge < -0.3 is 0 Å².